The SMILES string of the molecule is COc1ccc2cccc(CC[N+]3(CN)CNCN4CCC4C3)c2c1.O=[N+]([O-])c1ccc(S(=O)(=O)O)cc1. The van der Waals surface area contributed by atoms with E-state index < -0.39 is 15.0 Å². The lowest BCUT2D eigenvalue weighted by atomic mass is 10.00. The zero-order chi connectivity index (χ0) is 27.3. The highest BCUT2D eigenvalue weighted by Gasteiger charge is 2.39. The number of nitrogens with one attached hydrogen (secondary N) is 1. The summed E-state index contributed by atoms with van der Waals surface area (Å²) in [6.45, 7) is 6.15. The van der Waals surface area contributed by atoms with E-state index >= 15 is 0 Å². The van der Waals surface area contributed by atoms with Gasteiger partial charge in [0.1, 0.15) is 19.1 Å². The van der Waals surface area contributed by atoms with Crippen molar-refractivity contribution in [3.05, 3.63) is 76.3 Å². The Labute approximate surface area is 222 Å². The van der Waals surface area contributed by atoms with Gasteiger partial charge in [-0.2, -0.15) is 8.42 Å². The summed E-state index contributed by atoms with van der Waals surface area (Å²) in [4.78, 5) is 11.7. The van der Waals surface area contributed by atoms with E-state index in [1.807, 2.05) is 6.07 Å². The van der Waals surface area contributed by atoms with E-state index in [2.05, 4.69) is 40.5 Å². The number of fused-ring (bicyclic) bond motifs is 2. The number of quaternary nitrogens is 1. The Bertz CT molecular complexity index is 1380. The average Bonchev–Trinajstić information content (AvgIpc) is 3.03. The highest BCUT2D eigenvalue weighted by atomic mass is 32.2. The number of nitrogens with zero attached hydrogens (tertiary/aromatic N) is 3. The quantitative estimate of drug-likeness (QED) is 0.177. The molecule has 38 heavy (non-hydrogen) atoms. The van der Waals surface area contributed by atoms with E-state index in [4.69, 9.17) is 15.0 Å². The van der Waals surface area contributed by atoms with E-state index in [9.17, 15) is 18.5 Å². The van der Waals surface area contributed by atoms with Crippen LogP contribution in [0.3, 0.4) is 0 Å². The summed E-state index contributed by atoms with van der Waals surface area (Å²) in [7, 11) is -2.54. The lowest BCUT2D eigenvalue weighted by Gasteiger charge is -2.43. The topological polar surface area (TPSA) is 148 Å². The van der Waals surface area contributed by atoms with Crippen LogP contribution in [0.5, 0.6) is 5.75 Å². The highest BCUT2D eigenvalue weighted by Crippen LogP contribution is 2.27. The van der Waals surface area contributed by atoms with Gasteiger partial charge in [-0.1, -0.05) is 24.3 Å². The molecule has 0 spiro atoms. The number of hydrogen-bond donors (Lipinski definition) is 3. The molecule has 2 atom stereocenters. The Balaban J connectivity index is 0.000000219. The third-order valence-corrected chi connectivity index (χ3v) is 8.26. The Hall–Kier alpha value is -3.13. The summed E-state index contributed by atoms with van der Waals surface area (Å²) in [6.07, 6.45) is 2.35. The van der Waals surface area contributed by atoms with Gasteiger partial charge in [0.2, 0.25) is 0 Å². The van der Waals surface area contributed by atoms with Crippen LogP contribution in [0, 0.1) is 10.1 Å². The van der Waals surface area contributed by atoms with Crippen LogP contribution >= 0.6 is 0 Å². The molecule has 0 saturated carbocycles. The summed E-state index contributed by atoms with van der Waals surface area (Å²) in [5.41, 5.74) is 7.41. The fourth-order valence-corrected chi connectivity index (χ4v) is 5.49. The van der Waals surface area contributed by atoms with Crippen LogP contribution in [-0.2, 0) is 16.5 Å². The van der Waals surface area contributed by atoms with Crippen LogP contribution in [0.2, 0.25) is 0 Å². The number of nitro groups is 1. The number of ether oxygens (including phenoxy) is 1. The first-order valence-corrected chi connectivity index (χ1v) is 13.9. The maximum atomic E-state index is 10.5. The number of methoxy groups -OCH3 is 1. The fraction of sp³-hybridized carbons (Fsp3) is 0.385. The fourth-order valence-electron chi connectivity index (χ4n) is 5.01. The van der Waals surface area contributed by atoms with E-state index in [1.54, 1.807) is 7.11 Å². The lowest BCUT2D eigenvalue weighted by Crippen LogP contribution is -2.60. The molecule has 0 radical (unpaired) electrons. The first kappa shape index (κ1) is 27.9. The van der Waals surface area contributed by atoms with Gasteiger partial charge < -0.3 is 4.74 Å². The second-order valence-electron chi connectivity index (χ2n) is 9.73. The smallest absolute Gasteiger partial charge is 0.294 e. The van der Waals surface area contributed by atoms with Crippen molar-refractivity contribution in [3.63, 3.8) is 0 Å². The summed E-state index contributed by atoms with van der Waals surface area (Å²) < 4.78 is 35.9. The van der Waals surface area contributed by atoms with Crippen molar-refractivity contribution in [3.8, 4) is 5.75 Å². The molecule has 2 saturated heterocycles. The number of benzene rings is 3. The van der Waals surface area contributed by atoms with Crippen LogP contribution < -0.4 is 15.8 Å². The van der Waals surface area contributed by atoms with Crippen molar-refractivity contribution in [1.82, 2.24) is 10.2 Å². The van der Waals surface area contributed by atoms with Gasteiger partial charge >= 0.3 is 0 Å². The Kier molecular flexibility index (Phi) is 8.61. The van der Waals surface area contributed by atoms with Crippen LogP contribution in [0.15, 0.2) is 65.6 Å². The molecule has 204 valence electrons. The van der Waals surface area contributed by atoms with Gasteiger partial charge in [0, 0.05) is 25.1 Å². The molecule has 0 aliphatic carbocycles. The van der Waals surface area contributed by atoms with Crippen LogP contribution in [0.1, 0.15) is 12.0 Å². The molecule has 2 unspecified atom stereocenters. The van der Waals surface area contributed by atoms with Crippen molar-refractivity contribution in [2.75, 3.05) is 46.8 Å². The molecule has 2 aliphatic rings. The number of nitro benzene ring substituents is 1. The summed E-state index contributed by atoms with van der Waals surface area (Å²) >= 11 is 0. The highest BCUT2D eigenvalue weighted by molar-refractivity contribution is 7.85. The van der Waals surface area contributed by atoms with Crippen LogP contribution in [-0.4, -0.2) is 80.1 Å². The predicted molar refractivity (Wildman–Crippen MR) is 144 cm³/mol. The van der Waals surface area contributed by atoms with Crippen molar-refractivity contribution in [1.29, 1.82) is 0 Å². The first-order chi connectivity index (χ1) is 18.1. The molecule has 2 fully saturated rings. The van der Waals surface area contributed by atoms with Gasteiger partial charge in [-0.05, 0) is 47.0 Å². The minimum atomic E-state index is -4.27. The molecule has 0 bridgehead atoms. The maximum Gasteiger partial charge on any atom is 0.294 e. The average molecular weight is 545 g/mol. The zero-order valence-electron chi connectivity index (χ0n) is 21.3. The van der Waals surface area contributed by atoms with Crippen molar-refractivity contribution in [2.24, 2.45) is 5.73 Å². The number of rotatable bonds is 7. The van der Waals surface area contributed by atoms with Crippen LogP contribution in [0.25, 0.3) is 10.8 Å². The Morgan fingerprint density at radius 3 is 2.58 bits per heavy atom. The third-order valence-electron chi connectivity index (χ3n) is 7.39. The monoisotopic (exact) mass is 544 g/mol. The van der Waals surface area contributed by atoms with E-state index in [1.165, 1.54) is 29.3 Å². The molecule has 0 aromatic heterocycles. The van der Waals surface area contributed by atoms with Gasteiger partial charge in [0.15, 0.2) is 0 Å². The Morgan fingerprint density at radius 2 is 1.97 bits per heavy atom. The molecular weight excluding hydrogens is 510 g/mol. The minimum absolute atomic E-state index is 0.229. The van der Waals surface area contributed by atoms with Gasteiger partial charge in [-0.15, -0.1) is 0 Å². The van der Waals surface area contributed by atoms with Gasteiger partial charge in [0.05, 0.1) is 42.7 Å². The van der Waals surface area contributed by atoms with Crippen molar-refractivity contribution >= 4 is 26.6 Å². The summed E-state index contributed by atoms with van der Waals surface area (Å²) in [5.74, 6) is 0.921. The third kappa shape index (κ3) is 6.46. The number of hydrogen-bond acceptors (Lipinski definition) is 8. The van der Waals surface area contributed by atoms with Crippen molar-refractivity contribution in [2.45, 2.75) is 23.8 Å². The van der Waals surface area contributed by atoms with Crippen LogP contribution in [0.4, 0.5) is 5.69 Å². The van der Waals surface area contributed by atoms with Crippen molar-refractivity contribution < 1.29 is 27.1 Å². The van der Waals surface area contributed by atoms with E-state index in [0.717, 1.165) is 67.3 Å². The largest absolute Gasteiger partial charge is 0.497 e. The second-order valence-corrected chi connectivity index (χ2v) is 11.2. The summed E-state index contributed by atoms with van der Waals surface area (Å²) in [5, 5.41) is 16.3. The van der Waals surface area contributed by atoms with E-state index in [0.29, 0.717) is 12.7 Å². The molecule has 11 nitrogen and oxygen atoms in total. The van der Waals surface area contributed by atoms with E-state index in [-0.39, 0.29) is 10.6 Å². The minimum Gasteiger partial charge on any atom is -0.497 e. The summed E-state index contributed by atoms with van der Waals surface area (Å²) in [6, 6.07) is 17.5. The molecule has 2 heterocycles. The molecule has 12 heteroatoms. The second kappa shape index (κ2) is 11.7. The Morgan fingerprint density at radius 1 is 1.21 bits per heavy atom. The zero-order valence-corrected chi connectivity index (χ0v) is 22.1. The molecule has 4 N–H and O–H groups in total. The molecule has 0 amide bonds. The van der Waals surface area contributed by atoms with Gasteiger partial charge in [0.25, 0.3) is 15.8 Å². The molecule has 5 rings (SSSR count). The molecule has 3 aromatic carbocycles. The molecule has 3 aromatic rings. The molecular formula is C26H34N5O6S+. The predicted octanol–water partition coefficient (Wildman–Crippen LogP) is 2.56. The lowest BCUT2D eigenvalue weighted by molar-refractivity contribution is -0.930. The van der Waals surface area contributed by atoms with Gasteiger partial charge in [-0.25, -0.2) is 0 Å². The molecule has 2 aliphatic heterocycles. The first-order valence-electron chi connectivity index (χ1n) is 12.4. The maximum absolute atomic E-state index is 10.5. The number of nitrogens with two attached hydrogens (primary N) is 1. The normalized spacial score (nSPS) is 21.4. The number of non-ortho nitro benzene ring substituents is 1. The van der Waals surface area contributed by atoms with Gasteiger partial charge in [-0.3, -0.25) is 35.1 Å². The standard InChI is InChI=1S/C20H29N4O.C6H5NO5S/c1-25-19-6-5-16-3-2-4-17(20(16)11-19)8-10-24(13-21)12-18-7-9-23(18)14-22-15-24;8-7(9)5-1-3-6(4-2-5)13(10,11)12/h2-6,11,18,22H,7-10,12-15,21H2,1H3;1-4H,(H,10,11,12)/q+1;.